The summed E-state index contributed by atoms with van der Waals surface area (Å²) < 4.78 is 18.6. The zero-order chi connectivity index (χ0) is 14.9. The molecule has 2 rings (SSSR count). The number of rotatable bonds is 3. The van der Waals surface area contributed by atoms with E-state index in [4.69, 9.17) is 10.5 Å². The minimum absolute atomic E-state index is 0.246. The van der Waals surface area contributed by atoms with Crippen LogP contribution in [0.3, 0.4) is 0 Å². The molecule has 1 saturated heterocycles. The van der Waals surface area contributed by atoms with Crippen LogP contribution in [0, 0.1) is 15.9 Å². The topological polar surface area (TPSA) is 107 Å². The van der Waals surface area contributed by atoms with Crippen molar-refractivity contribution in [2.45, 2.75) is 18.9 Å². The lowest BCUT2D eigenvalue weighted by molar-refractivity contribution is -0.384. The molecule has 0 aliphatic carbocycles. The Kier molecular flexibility index (Phi) is 3.58. The van der Waals surface area contributed by atoms with Crippen molar-refractivity contribution < 1.29 is 18.8 Å². The molecule has 0 aromatic heterocycles. The van der Waals surface area contributed by atoms with E-state index < -0.39 is 27.9 Å². The van der Waals surface area contributed by atoms with Crippen LogP contribution in [0.4, 0.5) is 15.8 Å². The normalized spacial score (nSPS) is 21.7. The zero-order valence-electron chi connectivity index (χ0n) is 10.8. The summed E-state index contributed by atoms with van der Waals surface area (Å²) in [5, 5.41) is 13.4. The molecule has 0 radical (unpaired) electrons. The molecule has 7 nitrogen and oxygen atoms in total. The number of nitrogen functional groups attached to an aromatic ring is 1. The first-order valence-corrected chi connectivity index (χ1v) is 5.96. The average molecular weight is 283 g/mol. The van der Waals surface area contributed by atoms with Gasteiger partial charge in [-0.3, -0.25) is 14.9 Å². The quantitative estimate of drug-likeness (QED) is 0.492. The Labute approximate surface area is 114 Å². The van der Waals surface area contributed by atoms with E-state index in [0.717, 1.165) is 6.07 Å². The van der Waals surface area contributed by atoms with Crippen LogP contribution in [0.2, 0.25) is 0 Å². The lowest BCUT2D eigenvalue weighted by Crippen LogP contribution is -2.46. The lowest BCUT2D eigenvalue weighted by atomic mass is 10.0. The van der Waals surface area contributed by atoms with E-state index in [1.165, 1.54) is 0 Å². The first kappa shape index (κ1) is 14.2. The van der Waals surface area contributed by atoms with E-state index in [9.17, 15) is 19.3 Å². The van der Waals surface area contributed by atoms with Gasteiger partial charge in [-0.2, -0.15) is 0 Å². The monoisotopic (exact) mass is 283 g/mol. The summed E-state index contributed by atoms with van der Waals surface area (Å²) in [5.74, 6) is -1.54. The van der Waals surface area contributed by atoms with Gasteiger partial charge in [-0.1, -0.05) is 0 Å². The van der Waals surface area contributed by atoms with Crippen LogP contribution < -0.4 is 11.1 Å². The number of nitro groups is 1. The van der Waals surface area contributed by atoms with Gasteiger partial charge in [0.05, 0.1) is 28.7 Å². The van der Waals surface area contributed by atoms with Crippen LogP contribution in [-0.2, 0) is 4.74 Å². The second-order valence-corrected chi connectivity index (χ2v) is 4.96. The van der Waals surface area contributed by atoms with Crippen molar-refractivity contribution in [2.75, 3.05) is 18.9 Å². The molecule has 1 aromatic rings. The maximum Gasteiger partial charge on any atom is 0.295 e. The first-order chi connectivity index (χ1) is 9.32. The van der Waals surface area contributed by atoms with Gasteiger partial charge in [-0.25, -0.2) is 4.39 Å². The number of nitrogens with one attached hydrogen (secondary N) is 1. The van der Waals surface area contributed by atoms with Crippen LogP contribution in [0.5, 0.6) is 0 Å². The highest BCUT2D eigenvalue weighted by Gasteiger charge is 2.33. The molecule has 1 aliphatic heterocycles. The van der Waals surface area contributed by atoms with Crippen molar-refractivity contribution in [2.24, 2.45) is 0 Å². The van der Waals surface area contributed by atoms with Crippen molar-refractivity contribution in [3.05, 3.63) is 33.6 Å². The smallest absolute Gasteiger partial charge is 0.295 e. The molecule has 0 bridgehead atoms. The summed E-state index contributed by atoms with van der Waals surface area (Å²) in [6, 6.07) is 1.57. The van der Waals surface area contributed by atoms with Gasteiger partial charge in [-0.15, -0.1) is 0 Å². The highest BCUT2D eigenvalue weighted by atomic mass is 19.1. The van der Waals surface area contributed by atoms with E-state index in [1.54, 1.807) is 6.92 Å². The number of nitro benzene ring substituents is 1. The molecule has 0 spiro atoms. The molecule has 1 aliphatic rings. The van der Waals surface area contributed by atoms with E-state index in [0.29, 0.717) is 25.7 Å². The highest BCUT2D eigenvalue weighted by molar-refractivity contribution is 6.01. The molecule has 3 N–H and O–H groups in total. The Morgan fingerprint density at radius 3 is 2.85 bits per heavy atom. The molecule has 1 unspecified atom stereocenters. The minimum atomic E-state index is -0.885. The van der Waals surface area contributed by atoms with E-state index in [2.05, 4.69) is 5.32 Å². The van der Waals surface area contributed by atoms with E-state index in [-0.39, 0.29) is 11.3 Å². The number of carbonyl (C=O) groups excluding carboxylic acids is 1. The second-order valence-electron chi connectivity index (χ2n) is 4.96. The maximum atomic E-state index is 13.4. The molecular formula is C12H14FN3O4. The lowest BCUT2D eigenvalue weighted by Gasteiger charge is -2.23. The van der Waals surface area contributed by atoms with Crippen molar-refractivity contribution in [1.29, 1.82) is 0 Å². The van der Waals surface area contributed by atoms with Crippen LogP contribution in [0.25, 0.3) is 0 Å². The predicted octanol–water partition coefficient (Wildman–Crippen LogP) is 1.22. The summed E-state index contributed by atoms with van der Waals surface area (Å²) in [7, 11) is 0. The number of benzene rings is 1. The van der Waals surface area contributed by atoms with Gasteiger partial charge in [-0.05, 0) is 19.4 Å². The fourth-order valence-electron chi connectivity index (χ4n) is 2.05. The van der Waals surface area contributed by atoms with Crippen molar-refractivity contribution in [3.8, 4) is 0 Å². The van der Waals surface area contributed by atoms with Gasteiger partial charge < -0.3 is 15.8 Å². The number of carbonyl (C=O) groups is 1. The molecule has 1 amide bonds. The Hall–Kier alpha value is -2.22. The summed E-state index contributed by atoms with van der Waals surface area (Å²) >= 11 is 0. The van der Waals surface area contributed by atoms with Gasteiger partial charge in [0.2, 0.25) is 0 Å². The van der Waals surface area contributed by atoms with Gasteiger partial charge in [0.25, 0.3) is 11.6 Å². The number of ether oxygens (including phenoxy) is 1. The summed E-state index contributed by atoms with van der Waals surface area (Å²) in [6.45, 7) is 2.62. The van der Waals surface area contributed by atoms with Crippen molar-refractivity contribution in [1.82, 2.24) is 5.32 Å². The highest BCUT2D eigenvalue weighted by Crippen LogP contribution is 2.27. The molecule has 1 fully saturated rings. The van der Waals surface area contributed by atoms with Gasteiger partial charge >= 0.3 is 0 Å². The largest absolute Gasteiger partial charge is 0.393 e. The minimum Gasteiger partial charge on any atom is -0.393 e. The standard InChI is InChI=1S/C12H14FN3O4/c1-12(2-3-20-6-12)15-11(17)8-4-7(13)5-9(10(8)14)16(18)19/h4-5H,2-3,6,14H2,1H3,(H,15,17). The van der Waals surface area contributed by atoms with Gasteiger partial charge in [0.15, 0.2) is 0 Å². The molecule has 108 valence electrons. The Balaban J connectivity index is 2.32. The number of hydrogen-bond donors (Lipinski definition) is 2. The third-order valence-corrected chi connectivity index (χ3v) is 3.20. The summed E-state index contributed by atoms with van der Waals surface area (Å²) in [5.41, 5.74) is 3.77. The molecule has 8 heteroatoms. The molecule has 20 heavy (non-hydrogen) atoms. The Morgan fingerprint density at radius 2 is 2.30 bits per heavy atom. The van der Waals surface area contributed by atoms with Crippen LogP contribution in [-0.4, -0.2) is 29.6 Å². The molecular weight excluding hydrogens is 269 g/mol. The number of nitrogens with two attached hydrogens (primary N) is 1. The molecule has 1 aromatic carbocycles. The van der Waals surface area contributed by atoms with Crippen LogP contribution >= 0.6 is 0 Å². The predicted molar refractivity (Wildman–Crippen MR) is 68.8 cm³/mol. The van der Waals surface area contributed by atoms with E-state index >= 15 is 0 Å². The second kappa shape index (κ2) is 5.04. The third-order valence-electron chi connectivity index (χ3n) is 3.20. The van der Waals surface area contributed by atoms with Crippen LogP contribution in [0.1, 0.15) is 23.7 Å². The van der Waals surface area contributed by atoms with E-state index in [1.807, 2.05) is 0 Å². The molecule has 0 saturated carbocycles. The number of halogens is 1. The SMILES string of the molecule is CC1(NC(=O)c2cc(F)cc([N+](=O)[O-])c2N)CCOC1. The van der Waals surface area contributed by atoms with Gasteiger partial charge in [0.1, 0.15) is 11.5 Å². The Bertz CT molecular complexity index is 570. The summed E-state index contributed by atoms with van der Waals surface area (Å²) in [6.07, 6.45) is 0.607. The third kappa shape index (κ3) is 2.69. The average Bonchev–Trinajstić information content (AvgIpc) is 2.77. The number of anilines is 1. The number of hydrogen-bond acceptors (Lipinski definition) is 5. The number of nitrogens with zero attached hydrogens (tertiary/aromatic N) is 1. The summed E-state index contributed by atoms with van der Waals surface area (Å²) in [4.78, 5) is 22.1. The Morgan fingerprint density at radius 1 is 1.60 bits per heavy atom. The molecule has 1 heterocycles. The fraction of sp³-hybridized carbons (Fsp3) is 0.417. The van der Waals surface area contributed by atoms with Gasteiger partial charge in [0, 0.05) is 6.61 Å². The maximum absolute atomic E-state index is 13.4. The fourth-order valence-corrected chi connectivity index (χ4v) is 2.05. The van der Waals surface area contributed by atoms with Crippen molar-refractivity contribution >= 4 is 17.3 Å². The van der Waals surface area contributed by atoms with Crippen molar-refractivity contribution in [3.63, 3.8) is 0 Å². The van der Waals surface area contributed by atoms with Crippen LogP contribution in [0.15, 0.2) is 12.1 Å². The molecule has 1 atom stereocenters. The number of amides is 1. The first-order valence-electron chi connectivity index (χ1n) is 5.96. The zero-order valence-corrected chi connectivity index (χ0v) is 10.8.